The second-order valence-corrected chi connectivity index (χ2v) is 5.87. The van der Waals surface area contributed by atoms with Gasteiger partial charge in [0.25, 0.3) is 0 Å². The number of nitrogens with zero attached hydrogens (tertiary/aromatic N) is 1. The second-order valence-electron chi connectivity index (χ2n) is 5.87. The summed E-state index contributed by atoms with van der Waals surface area (Å²) in [5.74, 6) is -0.190. The largest absolute Gasteiger partial charge is 0.376 e. The third-order valence-electron chi connectivity index (χ3n) is 4.19. The molecule has 1 aliphatic rings. The van der Waals surface area contributed by atoms with Crippen molar-refractivity contribution in [3.05, 3.63) is 66.0 Å². The molecular formula is C19H22N2O2. The average molecular weight is 310 g/mol. The van der Waals surface area contributed by atoms with Gasteiger partial charge in [0.1, 0.15) is 0 Å². The molecule has 1 aliphatic heterocycles. The Hall–Kier alpha value is -2.20. The van der Waals surface area contributed by atoms with E-state index < -0.39 is 0 Å². The molecule has 2 unspecified atom stereocenters. The van der Waals surface area contributed by atoms with Crippen LogP contribution in [0.4, 0.5) is 0 Å². The van der Waals surface area contributed by atoms with E-state index in [1.807, 2.05) is 48.5 Å². The summed E-state index contributed by atoms with van der Waals surface area (Å²) in [6.45, 7) is 1.39. The van der Waals surface area contributed by atoms with E-state index in [4.69, 9.17) is 4.74 Å². The Labute approximate surface area is 136 Å². The minimum Gasteiger partial charge on any atom is -0.376 e. The van der Waals surface area contributed by atoms with E-state index in [-0.39, 0.29) is 17.9 Å². The Bertz CT molecular complexity index is 610. The number of hydrogen-bond donors (Lipinski definition) is 1. The maximum atomic E-state index is 12.7. The summed E-state index contributed by atoms with van der Waals surface area (Å²) in [6, 6.07) is 15.7. The van der Waals surface area contributed by atoms with Crippen LogP contribution in [-0.2, 0) is 16.0 Å². The molecule has 0 aliphatic carbocycles. The number of amides is 1. The molecule has 1 N–H and O–H groups in total. The van der Waals surface area contributed by atoms with Gasteiger partial charge in [-0.2, -0.15) is 0 Å². The lowest BCUT2D eigenvalue weighted by Crippen LogP contribution is -2.36. The van der Waals surface area contributed by atoms with Gasteiger partial charge in [-0.05, 0) is 30.5 Å². The predicted octanol–water partition coefficient (Wildman–Crippen LogP) is 2.70. The fraction of sp³-hybridized carbons (Fsp3) is 0.368. The lowest BCUT2D eigenvalue weighted by Gasteiger charge is -2.18. The lowest BCUT2D eigenvalue weighted by atomic mass is 9.93. The Balaban J connectivity index is 1.70. The molecule has 23 heavy (non-hydrogen) atoms. The van der Waals surface area contributed by atoms with Crippen LogP contribution in [0.2, 0.25) is 0 Å². The summed E-state index contributed by atoms with van der Waals surface area (Å²) >= 11 is 0. The van der Waals surface area contributed by atoms with Gasteiger partial charge in [0.2, 0.25) is 5.91 Å². The molecule has 1 fully saturated rings. The molecule has 2 aromatic rings. The van der Waals surface area contributed by atoms with Crippen LogP contribution in [-0.4, -0.2) is 30.1 Å². The van der Waals surface area contributed by atoms with Crippen LogP contribution in [0, 0.1) is 0 Å². The number of pyridine rings is 1. The molecule has 4 nitrogen and oxygen atoms in total. The molecule has 3 rings (SSSR count). The van der Waals surface area contributed by atoms with Gasteiger partial charge in [0.05, 0.1) is 12.0 Å². The van der Waals surface area contributed by atoms with Crippen molar-refractivity contribution in [2.45, 2.75) is 31.3 Å². The topological polar surface area (TPSA) is 51.2 Å². The normalized spacial score (nSPS) is 18.5. The van der Waals surface area contributed by atoms with Crippen molar-refractivity contribution in [1.82, 2.24) is 10.3 Å². The van der Waals surface area contributed by atoms with E-state index in [0.29, 0.717) is 13.0 Å². The average Bonchev–Trinajstić information content (AvgIpc) is 3.13. The molecule has 0 bridgehead atoms. The van der Waals surface area contributed by atoms with E-state index in [2.05, 4.69) is 10.3 Å². The van der Waals surface area contributed by atoms with Crippen LogP contribution in [0.25, 0.3) is 0 Å². The molecule has 1 aromatic carbocycles. The fourth-order valence-corrected chi connectivity index (χ4v) is 2.92. The standard InChI is InChI=1S/C19H22N2O2/c22-19(21-14-17-10-6-12-23-17)18(15-7-2-1-3-8-15)13-16-9-4-5-11-20-16/h1-5,7-9,11,17-18H,6,10,12-14H2,(H,21,22). The number of hydrogen-bond acceptors (Lipinski definition) is 3. The van der Waals surface area contributed by atoms with Crippen LogP contribution < -0.4 is 5.32 Å². The number of ether oxygens (including phenoxy) is 1. The van der Waals surface area contributed by atoms with Crippen LogP contribution in [0.15, 0.2) is 54.7 Å². The summed E-state index contributed by atoms with van der Waals surface area (Å²) in [4.78, 5) is 17.1. The molecule has 0 radical (unpaired) electrons. The highest BCUT2D eigenvalue weighted by Gasteiger charge is 2.23. The first kappa shape index (κ1) is 15.7. The number of nitrogens with one attached hydrogen (secondary N) is 1. The van der Waals surface area contributed by atoms with Gasteiger partial charge in [0.15, 0.2) is 0 Å². The van der Waals surface area contributed by atoms with Crippen LogP contribution in [0.5, 0.6) is 0 Å². The zero-order valence-electron chi connectivity index (χ0n) is 13.2. The maximum Gasteiger partial charge on any atom is 0.228 e. The van der Waals surface area contributed by atoms with E-state index >= 15 is 0 Å². The molecule has 1 aromatic heterocycles. The van der Waals surface area contributed by atoms with Crippen molar-refractivity contribution < 1.29 is 9.53 Å². The molecule has 2 heterocycles. The smallest absolute Gasteiger partial charge is 0.228 e. The molecule has 1 amide bonds. The number of benzene rings is 1. The van der Waals surface area contributed by atoms with E-state index in [1.54, 1.807) is 6.20 Å². The summed E-state index contributed by atoms with van der Waals surface area (Å²) < 4.78 is 5.58. The molecule has 0 saturated carbocycles. The van der Waals surface area contributed by atoms with Crippen molar-refractivity contribution in [1.29, 1.82) is 0 Å². The number of aromatic nitrogens is 1. The van der Waals surface area contributed by atoms with E-state index in [0.717, 1.165) is 30.7 Å². The van der Waals surface area contributed by atoms with E-state index in [9.17, 15) is 4.79 Å². The van der Waals surface area contributed by atoms with Crippen molar-refractivity contribution in [3.63, 3.8) is 0 Å². The Morgan fingerprint density at radius 1 is 1.22 bits per heavy atom. The number of carbonyl (C=O) groups excluding carboxylic acids is 1. The zero-order valence-corrected chi connectivity index (χ0v) is 13.2. The van der Waals surface area contributed by atoms with Crippen molar-refractivity contribution in [2.24, 2.45) is 0 Å². The van der Waals surface area contributed by atoms with Gasteiger partial charge in [-0.1, -0.05) is 36.4 Å². The summed E-state index contributed by atoms with van der Waals surface area (Å²) in [5.41, 5.74) is 1.94. The molecule has 4 heteroatoms. The highest BCUT2D eigenvalue weighted by Crippen LogP contribution is 2.21. The lowest BCUT2D eigenvalue weighted by molar-refractivity contribution is -0.123. The van der Waals surface area contributed by atoms with Gasteiger partial charge in [-0.25, -0.2) is 0 Å². The molecule has 0 spiro atoms. The first-order valence-corrected chi connectivity index (χ1v) is 8.17. The fourth-order valence-electron chi connectivity index (χ4n) is 2.92. The van der Waals surface area contributed by atoms with E-state index in [1.165, 1.54) is 0 Å². The monoisotopic (exact) mass is 310 g/mol. The molecule has 120 valence electrons. The third kappa shape index (κ3) is 4.39. The van der Waals surface area contributed by atoms with Gasteiger partial charge >= 0.3 is 0 Å². The zero-order chi connectivity index (χ0) is 15.9. The SMILES string of the molecule is O=C(NCC1CCCO1)C(Cc1ccccn1)c1ccccc1. The first-order valence-electron chi connectivity index (χ1n) is 8.17. The Morgan fingerprint density at radius 3 is 2.74 bits per heavy atom. The van der Waals surface area contributed by atoms with Crippen molar-refractivity contribution >= 4 is 5.91 Å². The van der Waals surface area contributed by atoms with Gasteiger partial charge in [-0.15, -0.1) is 0 Å². The predicted molar refractivity (Wildman–Crippen MR) is 89.1 cm³/mol. The minimum absolute atomic E-state index is 0.0392. The van der Waals surface area contributed by atoms with Crippen LogP contribution in [0.1, 0.15) is 30.0 Å². The number of carbonyl (C=O) groups is 1. The van der Waals surface area contributed by atoms with Crippen molar-refractivity contribution in [3.8, 4) is 0 Å². The highest BCUT2D eigenvalue weighted by atomic mass is 16.5. The minimum atomic E-state index is -0.229. The quantitative estimate of drug-likeness (QED) is 0.892. The van der Waals surface area contributed by atoms with Crippen LogP contribution in [0.3, 0.4) is 0 Å². The second kappa shape index (κ2) is 7.88. The number of rotatable bonds is 6. The van der Waals surface area contributed by atoms with Gasteiger partial charge in [-0.3, -0.25) is 9.78 Å². The maximum absolute atomic E-state index is 12.7. The summed E-state index contributed by atoms with van der Waals surface area (Å²) in [6.07, 6.45) is 4.63. The first-order chi connectivity index (χ1) is 11.3. The Morgan fingerprint density at radius 2 is 2.04 bits per heavy atom. The summed E-state index contributed by atoms with van der Waals surface area (Å²) in [7, 11) is 0. The van der Waals surface area contributed by atoms with Crippen LogP contribution >= 0.6 is 0 Å². The third-order valence-corrected chi connectivity index (χ3v) is 4.19. The van der Waals surface area contributed by atoms with Crippen molar-refractivity contribution in [2.75, 3.05) is 13.2 Å². The highest BCUT2D eigenvalue weighted by molar-refractivity contribution is 5.83. The molecule has 2 atom stereocenters. The van der Waals surface area contributed by atoms with Gasteiger partial charge < -0.3 is 10.1 Å². The molecule has 1 saturated heterocycles. The van der Waals surface area contributed by atoms with Gasteiger partial charge in [0, 0.05) is 31.5 Å². The molecular weight excluding hydrogens is 288 g/mol. The Kier molecular flexibility index (Phi) is 5.37. The summed E-state index contributed by atoms with van der Waals surface area (Å²) in [5, 5.41) is 3.05.